The summed E-state index contributed by atoms with van der Waals surface area (Å²) in [5, 5.41) is 0. The maximum Gasteiger partial charge on any atom is 0.334 e. The molecular formula is C20H24O2. The number of allylic oxidation sites excluding steroid dienone is 1. The highest BCUT2D eigenvalue weighted by Gasteiger charge is 2.19. The summed E-state index contributed by atoms with van der Waals surface area (Å²) in [6, 6.07) is 2.33. The summed E-state index contributed by atoms with van der Waals surface area (Å²) in [4.78, 5) is 11.6. The van der Waals surface area contributed by atoms with Gasteiger partial charge < -0.3 is 4.74 Å². The zero-order chi connectivity index (χ0) is 15.7. The van der Waals surface area contributed by atoms with Crippen LogP contribution in [0.3, 0.4) is 0 Å². The van der Waals surface area contributed by atoms with E-state index in [0.717, 1.165) is 24.8 Å². The molecule has 2 nitrogen and oxygen atoms in total. The second-order valence-electron chi connectivity index (χ2n) is 6.54. The van der Waals surface area contributed by atoms with Crippen molar-refractivity contribution in [3.63, 3.8) is 0 Å². The number of hydrogen-bond acceptors (Lipinski definition) is 2. The molecule has 1 aromatic rings. The molecule has 0 N–H and O–H groups in total. The van der Waals surface area contributed by atoms with Crippen LogP contribution in [-0.2, 0) is 22.4 Å². The van der Waals surface area contributed by atoms with Gasteiger partial charge in [-0.3, -0.25) is 0 Å². The molecule has 0 bridgehead atoms. The summed E-state index contributed by atoms with van der Waals surface area (Å²) in [5.41, 5.74) is 9.39. The predicted octanol–water partition coefficient (Wildman–Crippen LogP) is 4.46. The number of carbonyl (C=O) groups is 1. The zero-order valence-corrected chi connectivity index (χ0v) is 13.8. The number of ether oxygens (including phenoxy) is 1. The van der Waals surface area contributed by atoms with Crippen LogP contribution in [0.15, 0.2) is 23.3 Å². The molecule has 0 unspecified atom stereocenters. The first-order chi connectivity index (χ1) is 10.6. The highest BCUT2D eigenvalue weighted by atomic mass is 16.5. The first kappa shape index (κ1) is 15.1. The Morgan fingerprint density at radius 3 is 2.68 bits per heavy atom. The molecule has 0 saturated heterocycles. The summed E-state index contributed by atoms with van der Waals surface area (Å²) >= 11 is 0. The highest BCUT2D eigenvalue weighted by Crippen LogP contribution is 2.31. The molecule has 2 aliphatic rings. The van der Waals surface area contributed by atoms with E-state index in [0.29, 0.717) is 6.61 Å². The zero-order valence-electron chi connectivity index (χ0n) is 13.8. The fraction of sp³-hybridized carbons (Fsp3) is 0.450. The molecule has 0 spiro atoms. The van der Waals surface area contributed by atoms with Crippen molar-refractivity contribution in [3.05, 3.63) is 51.1 Å². The van der Waals surface area contributed by atoms with Crippen molar-refractivity contribution in [2.75, 3.05) is 6.61 Å². The van der Waals surface area contributed by atoms with E-state index in [4.69, 9.17) is 4.74 Å². The lowest BCUT2D eigenvalue weighted by Crippen LogP contribution is -2.05. The van der Waals surface area contributed by atoms with Crippen LogP contribution < -0.4 is 0 Å². The van der Waals surface area contributed by atoms with Crippen molar-refractivity contribution >= 4 is 12.0 Å². The summed E-state index contributed by atoms with van der Waals surface area (Å²) in [7, 11) is 0. The molecule has 1 aliphatic heterocycles. The lowest BCUT2D eigenvalue weighted by Gasteiger charge is -2.17. The van der Waals surface area contributed by atoms with Crippen LogP contribution in [-0.4, -0.2) is 12.6 Å². The average molecular weight is 296 g/mol. The van der Waals surface area contributed by atoms with Gasteiger partial charge >= 0.3 is 5.97 Å². The highest BCUT2D eigenvalue weighted by molar-refractivity contribution is 5.90. The molecule has 0 aromatic heterocycles. The van der Waals surface area contributed by atoms with Crippen molar-refractivity contribution < 1.29 is 9.53 Å². The van der Waals surface area contributed by atoms with Gasteiger partial charge in [0.25, 0.3) is 0 Å². The minimum Gasteiger partial charge on any atom is -0.458 e. The molecule has 1 aromatic carbocycles. The van der Waals surface area contributed by atoms with Gasteiger partial charge in [0.2, 0.25) is 0 Å². The minimum absolute atomic E-state index is 0.136. The molecule has 116 valence electrons. The van der Waals surface area contributed by atoms with E-state index < -0.39 is 0 Å². The molecule has 1 aliphatic carbocycles. The number of aryl methyl sites for hydroxylation is 1. The van der Waals surface area contributed by atoms with E-state index >= 15 is 0 Å². The van der Waals surface area contributed by atoms with Gasteiger partial charge in [-0.2, -0.15) is 0 Å². The van der Waals surface area contributed by atoms with Crippen LogP contribution in [0, 0.1) is 13.8 Å². The van der Waals surface area contributed by atoms with Crippen molar-refractivity contribution in [1.29, 1.82) is 0 Å². The number of rotatable bonds is 3. The van der Waals surface area contributed by atoms with Crippen molar-refractivity contribution in [1.82, 2.24) is 0 Å². The Hall–Kier alpha value is -1.83. The molecule has 22 heavy (non-hydrogen) atoms. The van der Waals surface area contributed by atoms with Crippen molar-refractivity contribution in [2.45, 2.75) is 52.9 Å². The van der Waals surface area contributed by atoms with E-state index in [2.05, 4.69) is 32.9 Å². The number of carbonyl (C=O) groups excluding carboxylic acids is 1. The first-order valence-electron chi connectivity index (χ1n) is 8.21. The SMILES string of the molecule is CC1=Cc2cc(C)c(CCC3=CCOC3=O)c(C)c2CCC1. The van der Waals surface area contributed by atoms with E-state index in [9.17, 15) is 4.79 Å². The fourth-order valence-electron chi connectivity index (χ4n) is 3.69. The summed E-state index contributed by atoms with van der Waals surface area (Å²) in [6.07, 6.45) is 9.57. The van der Waals surface area contributed by atoms with Crippen LogP contribution in [0.4, 0.5) is 0 Å². The third-order valence-electron chi connectivity index (χ3n) is 4.95. The second kappa shape index (κ2) is 6.12. The number of hydrogen-bond donors (Lipinski definition) is 0. The monoisotopic (exact) mass is 296 g/mol. The molecule has 0 saturated carbocycles. The van der Waals surface area contributed by atoms with E-state index in [1.165, 1.54) is 46.2 Å². The Bertz CT molecular complexity index is 677. The van der Waals surface area contributed by atoms with Crippen molar-refractivity contribution in [2.24, 2.45) is 0 Å². The number of cyclic esters (lactones) is 1. The molecule has 2 heteroatoms. The maximum absolute atomic E-state index is 11.6. The van der Waals surface area contributed by atoms with Crippen LogP contribution in [0.25, 0.3) is 6.08 Å². The number of benzene rings is 1. The average Bonchev–Trinajstić information content (AvgIpc) is 2.77. The van der Waals surface area contributed by atoms with Crippen molar-refractivity contribution in [3.8, 4) is 0 Å². The normalized spacial score (nSPS) is 17.5. The van der Waals surface area contributed by atoms with Gasteiger partial charge in [-0.05, 0) is 86.8 Å². The second-order valence-corrected chi connectivity index (χ2v) is 6.54. The topological polar surface area (TPSA) is 26.3 Å². The van der Waals surface area contributed by atoms with Crippen LogP contribution in [0.2, 0.25) is 0 Å². The molecule has 3 rings (SSSR count). The van der Waals surface area contributed by atoms with Gasteiger partial charge in [0.05, 0.1) is 0 Å². The molecule has 0 atom stereocenters. The van der Waals surface area contributed by atoms with Gasteiger partial charge in [0.1, 0.15) is 6.61 Å². The lowest BCUT2D eigenvalue weighted by molar-refractivity contribution is -0.136. The molecule has 1 heterocycles. The van der Waals surface area contributed by atoms with E-state index in [-0.39, 0.29) is 5.97 Å². The van der Waals surface area contributed by atoms with Crippen LogP contribution in [0.1, 0.15) is 54.0 Å². The Morgan fingerprint density at radius 1 is 1.14 bits per heavy atom. The third kappa shape index (κ3) is 2.87. The summed E-state index contributed by atoms with van der Waals surface area (Å²) in [5.74, 6) is -0.136. The Kier molecular flexibility index (Phi) is 4.19. The molecule has 0 amide bonds. The van der Waals surface area contributed by atoms with E-state index in [1.54, 1.807) is 0 Å². The van der Waals surface area contributed by atoms with Crippen LogP contribution in [0.5, 0.6) is 0 Å². The lowest BCUT2D eigenvalue weighted by atomic mass is 9.88. The smallest absolute Gasteiger partial charge is 0.334 e. The summed E-state index contributed by atoms with van der Waals surface area (Å²) < 4.78 is 4.99. The van der Waals surface area contributed by atoms with Gasteiger partial charge in [-0.1, -0.05) is 17.7 Å². The Labute approximate surface area is 132 Å². The van der Waals surface area contributed by atoms with Gasteiger partial charge in [0.15, 0.2) is 0 Å². The quantitative estimate of drug-likeness (QED) is 0.770. The van der Waals surface area contributed by atoms with Gasteiger partial charge in [0, 0.05) is 5.57 Å². The number of fused-ring (bicyclic) bond motifs is 1. The van der Waals surface area contributed by atoms with E-state index in [1.807, 2.05) is 6.08 Å². The first-order valence-corrected chi connectivity index (χ1v) is 8.21. The predicted molar refractivity (Wildman–Crippen MR) is 89.9 cm³/mol. The largest absolute Gasteiger partial charge is 0.458 e. The Balaban J connectivity index is 1.89. The van der Waals surface area contributed by atoms with Crippen LogP contribution >= 0.6 is 0 Å². The minimum atomic E-state index is -0.136. The molecule has 0 radical (unpaired) electrons. The fourth-order valence-corrected chi connectivity index (χ4v) is 3.69. The summed E-state index contributed by atoms with van der Waals surface area (Å²) in [6.45, 7) is 7.11. The maximum atomic E-state index is 11.6. The standard InChI is InChI=1S/C20H24O2/c1-13-5-4-6-19-15(3)18(14(2)12-17(19)11-13)8-7-16-9-10-22-20(16)21/h9,11-12H,4-8,10H2,1-3H3. The third-order valence-corrected chi connectivity index (χ3v) is 4.95. The van der Waals surface area contributed by atoms with Gasteiger partial charge in [-0.15, -0.1) is 0 Å². The molecular weight excluding hydrogens is 272 g/mol. The number of esters is 1. The van der Waals surface area contributed by atoms with Gasteiger partial charge in [-0.25, -0.2) is 4.79 Å². The Morgan fingerprint density at radius 2 is 1.95 bits per heavy atom. The molecule has 0 fully saturated rings.